The zero-order chi connectivity index (χ0) is 11.7. The number of benzene rings is 1. The van der Waals surface area contributed by atoms with Crippen molar-refractivity contribution in [3.05, 3.63) is 36.0 Å². The van der Waals surface area contributed by atoms with E-state index in [4.69, 9.17) is 5.10 Å². The van der Waals surface area contributed by atoms with Crippen LogP contribution in [0.2, 0.25) is 0 Å². The second-order valence-corrected chi connectivity index (χ2v) is 4.38. The lowest BCUT2D eigenvalue weighted by molar-refractivity contribution is 0.610. The normalized spacial score (nSPS) is 14.2. The van der Waals surface area contributed by atoms with Crippen molar-refractivity contribution in [1.29, 1.82) is 0 Å². The summed E-state index contributed by atoms with van der Waals surface area (Å²) < 4.78 is 2.13. The molecular weight excluding hydrogens is 210 g/mol. The van der Waals surface area contributed by atoms with Crippen LogP contribution in [0.4, 0.5) is 5.69 Å². The fraction of sp³-hybridized carbons (Fsp3) is 0.357. The predicted octanol–water partition coefficient (Wildman–Crippen LogP) is 2.93. The van der Waals surface area contributed by atoms with Crippen LogP contribution in [-0.2, 0) is 13.0 Å². The molecule has 1 aromatic carbocycles. The highest BCUT2D eigenvalue weighted by Gasteiger charge is 2.20. The Morgan fingerprint density at radius 1 is 1.29 bits per heavy atom. The van der Waals surface area contributed by atoms with Gasteiger partial charge in [0.15, 0.2) is 0 Å². The van der Waals surface area contributed by atoms with Crippen LogP contribution in [0.15, 0.2) is 30.3 Å². The van der Waals surface area contributed by atoms with E-state index in [1.807, 2.05) is 6.07 Å². The molecule has 0 radical (unpaired) electrons. The Hall–Kier alpha value is -1.77. The maximum atomic E-state index is 4.73. The Bertz CT molecular complexity index is 514. The van der Waals surface area contributed by atoms with E-state index in [0.29, 0.717) is 0 Å². The Morgan fingerprint density at radius 2 is 2.12 bits per heavy atom. The first-order valence-electron chi connectivity index (χ1n) is 6.29. The molecule has 3 heteroatoms. The molecule has 17 heavy (non-hydrogen) atoms. The number of aryl methyl sites for hydroxylation is 1. The molecule has 3 rings (SSSR count). The minimum atomic E-state index is 0.941. The van der Waals surface area contributed by atoms with Gasteiger partial charge in [-0.25, -0.2) is 0 Å². The summed E-state index contributed by atoms with van der Waals surface area (Å²) in [5.74, 6) is 0. The third-order valence-corrected chi connectivity index (χ3v) is 3.30. The summed E-state index contributed by atoms with van der Waals surface area (Å²) in [6.45, 7) is 4.15. The molecule has 1 N–H and O–H groups in total. The molecule has 88 valence electrons. The molecule has 2 aromatic rings. The Kier molecular flexibility index (Phi) is 2.59. The SMILES string of the molecule is CCn1nc(-c2ccccc2)c2c1CCCN2. The van der Waals surface area contributed by atoms with Crippen molar-refractivity contribution in [3.63, 3.8) is 0 Å². The molecule has 1 aliphatic heterocycles. The second-order valence-electron chi connectivity index (χ2n) is 4.38. The van der Waals surface area contributed by atoms with Gasteiger partial charge in [-0.15, -0.1) is 0 Å². The van der Waals surface area contributed by atoms with Crippen molar-refractivity contribution in [2.75, 3.05) is 11.9 Å². The van der Waals surface area contributed by atoms with E-state index in [2.05, 4.69) is 41.2 Å². The average Bonchev–Trinajstić information content (AvgIpc) is 2.78. The van der Waals surface area contributed by atoms with Gasteiger partial charge >= 0.3 is 0 Å². The molecular formula is C14H17N3. The number of nitrogens with zero attached hydrogens (tertiary/aromatic N) is 2. The van der Waals surface area contributed by atoms with Gasteiger partial charge in [-0.05, 0) is 19.8 Å². The molecule has 0 unspecified atom stereocenters. The van der Waals surface area contributed by atoms with Gasteiger partial charge in [0.25, 0.3) is 0 Å². The molecule has 3 nitrogen and oxygen atoms in total. The van der Waals surface area contributed by atoms with Crippen LogP contribution in [0.5, 0.6) is 0 Å². The summed E-state index contributed by atoms with van der Waals surface area (Å²) in [7, 11) is 0. The van der Waals surface area contributed by atoms with Gasteiger partial charge in [0.2, 0.25) is 0 Å². The van der Waals surface area contributed by atoms with E-state index in [1.54, 1.807) is 0 Å². The molecule has 0 aliphatic carbocycles. The standard InChI is InChI=1S/C14H17N3/c1-2-17-12-9-6-10-15-14(12)13(16-17)11-7-4-3-5-8-11/h3-5,7-8,15H,2,6,9-10H2,1H3. The highest BCUT2D eigenvalue weighted by Crippen LogP contribution is 2.33. The highest BCUT2D eigenvalue weighted by molar-refractivity contribution is 5.76. The molecule has 1 aromatic heterocycles. The maximum absolute atomic E-state index is 4.73. The van der Waals surface area contributed by atoms with E-state index in [9.17, 15) is 0 Å². The number of aromatic nitrogens is 2. The number of hydrogen-bond acceptors (Lipinski definition) is 2. The van der Waals surface area contributed by atoms with Crippen LogP contribution in [0.3, 0.4) is 0 Å². The van der Waals surface area contributed by atoms with Gasteiger partial charge < -0.3 is 5.32 Å². The van der Waals surface area contributed by atoms with Crippen molar-refractivity contribution < 1.29 is 0 Å². The smallest absolute Gasteiger partial charge is 0.116 e. The lowest BCUT2D eigenvalue weighted by Crippen LogP contribution is -2.14. The van der Waals surface area contributed by atoms with Gasteiger partial charge in [0.1, 0.15) is 5.69 Å². The van der Waals surface area contributed by atoms with Gasteiger partial charge in [-0.3, -0.25) is 4.68 Å². The summed E-state index contributed by atoms with van der Waals surface area (Å²) in [4.78, 5) is 0. The molecule has 2 heterocycles. The lowest BCUT2D eigenvalue weighted by atomic mass is 10.1. The highest BCUT2D eigenvalue weighted by atomic mass is 15.3. The third-order valence-electron chi connectivity index (χ3n) is 3.30. The van der Waals surface area contributed by atoms with Crippen LogP contribution in [0.25, 0.3) is 11.3 Å². The molecule has 0 atom stereocenters. The summed E-state index contributed by atoms with van der Waals surface area (Å²) in [5, 5.41) is 8.24. The van der Waals surface area contributed by atoms with Crippen molar-refractivity contribution >= 4 is 5.69 Å². The molecule has 0 saturated carbocycles. The van der Waals surface area contributed by atoms with Crippen LogP contribution >= 0.6 is 0 Å². The topological polar surface area (TPSA) is 29.9 Å². The Morgan fingerprint density at radius 3 is 2.88 bits per heavy atom. The fourth-order valence-electron chi connectivity index (χ4n) is 2.47. The van der Waals surface area contributed by atoms with Gasteiger partial charge in [-0.1, -0.05) is 30.3 Å². The van der Waals surface area contributed by atoms with Gasteiger partial charge in [0.05, 0.1) is 11.4 Å². The first-order chi connectivity index (χ1) is 8.40. The Balaban J connectivity index is 2.14. The van der Waals surface area contributed by atoms with Gasteiger partial charge in [-0.2, -0.15) is 5.10 Å². The summed E-state index contributed by atoms with van der Waals surface area (Å²) in [6, 6.07) is 10.4. The molecule has 0 fully saturated rings. The van der Waals surface area contributed by atoms with E-state index >= 15 is 0 Å². The summed E-state index contributed by atoms with van der Waals surface area (Å²) in [5.41, 5.74) is 4.90. The third kappa shape index (κ3) is 1.71. The van der Waals surface area contributed by atoms with Crippen LogP contribution < -0.4 is 5.32 Å². The van der Waals surface area contributed by atoms with Crippen LogP contribution in [-0.4, -0.2) is 16.3 Å². The first kappa shape index (κ1) is 10.4. The number of rotatable bonds is 2. The van der Waals surface area contributed by atoms with Crippen LogP contribution in [0.1, 0.15) is 19.0 Å². The summed E-state index contributed by atoms with van der Waals surface area (Å²) >= 11 is 0. The zero-order valence-electron chi connectivity index (χ0n) is 10.1. The maximum Gasteiger partial charge on any atom is 0.116 e. The first-order valence-corrected chi connectivity index (χ1v) is 6.29. The minimum absolute atomic E-state index is 0.941. The predicted molar refractivity (Wildman–Crippen MR) is 70.1 cm³/mol. The molecule has 0 amide bonds. The van der Waals surface area contributed by atoms with Crippen molar-refractivity contribution in [3.8, 4) is 11.3 Å². The quantitative estimate of drug-likeness (QED) is 0.855. The molecule has 0 bridgehead atoms. The van der Waals surface area contributed by atoms with Crippen molar-refractivity contribution in [1.82, 2.24) is 9.78 Å². The van der Waals surface area contributed by atoms with E-state index in [1.165, 1.54) is 23.4 Å². The monoisotopic (exact) mass is 227 g/mol. The molecule has 0 saturated heterocycles. The van der Waals surface area contributed by atoms with E-state index < -0.39 is 0 Å². The second kappa shape index (κ2) is 4.24. The largest absolute Gasteiger partial charge is 0.382 e. The number of hydrogen-bond donors (Lipinski definition) is 1. The molecule has 1 aliphatic rings. The minimum Gasteiger partial charge on any atom is -0.382 e. The number of fused-ring (bicyclic) bond motifs is 1. The summed E-state index contributed by atoms with van der Waals surface area (Å²) in [6.07, 6.45) is 2.34. The van der Waals surface area contributed by atoms with Crippen molar-refractivity contribution in [2.24, 2.45) is 0 Å². The van der Waals surface area contributed by atoms with E-state index in [-0.39, 0.29) is 0 Å². The van der Waals surface area contributed by atoms with E-state index in [0.717, 1.165) is 25.2 Å². The zero-order valence-corrected chi connectivity index (χ0v) is 10.1. The number of anilines is 1. The van der Waals surface area contributed by atoms with Crippen LogP contribution in [0, 0.1) is 0 Å². The Labute approximate surface area is 101 Å². The lowest BCUT2D eigenvalue weighted by Gasteiger charge is -2.15. The number of nitrogens with one attached hydrogen (secondary N) is 1. The average molecular weight is 227 g/mol. The van der Waals surface area contributed by atoms with Gasteiger partial charge in [0, 0.05) is 18.7 Å². The van der Waals surface area contributed by atoms with Crippen molar-refractivity contribution in [2.45, 2.75) is 26.3 Å². The fourth-order valence-corrected chi connectivity index (χ4v) is 2.47. The molecule has 0 spiro atoms.